The van der Waals surface area contributed by atoms with Crippen molar-refractivity contribution in [2.24, 2.45) is 0 Å². The summed E-state index contributed by atoms with van der Waals surface area (Å²) in [6.45, 7) is 4.14. The van der Waals surface area contributed by atoms with Gasteiger partial charge >= 0.3 is 0 Å². The summed E-state index contributed by atoms with van der Waals surface area (Å²) < 4.78 is 10.9. The second-order valence-corrected chi connectivity index (χ2v) is 6.71. The van der Waals surface area contributed by atoms with Crippen molar-refractivity contribution in [1.29, 1.82) is 0 Å². The summed E-state index contributed by atoms with van der Waals surface area (Å²) in [4.78, 5) is 14.9. The van der Waals surface area contributed by atoms with Crippen LogP contribution in [0.5, 0.6) is 5.75 Å². The van der Waals surface area contributed by atoms with Gasteiger partial charge in [-0.1, -0.05) is 37.6 Å². The van der Waals surface area contributed by atoms with Gasteiger partial charge in [-0.15, -0.1) is 0 Å². The molecular weight excluding hydrogens is 340 g/mol. The van der Waals surface area contributed by atoms with Crippen molar-refractivity contribution in [1.82, 2.24) is 4.90 Å². The third-order valence-corrected chi connectivity index (χ3v) is 4.73. The van der Waals surface area contributed by atoms with Gasteiger partial charge in [-0.3, -0.25) is 4.79 Å². The maximum Gasteiger partial charge on any atom is 0.257 e. The predicted molar refractivity (Wildman–Crippen MR) is 107 cm³/mol. The standard InChI is InChI=1S/C22H28N2O3/c1-3-4-16-27-18-12-10-17(11-13-18)21-23-20-9-6-5-8-19(20)22(25)24(21)14-7-15-26-2/h5-6,8-13,21,23H,3-4,7,14-16H2,1-2H3. The summed E-state index contributed by atoms with van der Waals surface area (Å²) in [5.74, 6) is 0.911. The molecule has 1 amide bonds. The van der Waals surface area contributed by atoms with E-state index in [1.807, 2.05) is 53.4 Å². The Morgan fingerprint density at radius 3 is 2.56 bits per heavy atom. The summed E-state index contributed by atoms with van der Waals surface area (Å²) in [5.41, 5.74) is 2.63. The second kappa shape index (κ2) is 9.42. The Hall–Kier alpha value is -2.53. The van der Waals surface area contributed by atoms with Crippen LogP contribution in [-0.4, -0.2) is 37.7 Å². The van der Waals surface area contributed by atoms with Gasteiger partial charge in [0.25, 0.3) is 5.91 Å². The molecule has 27 heavy (non-hydrogen) atoms. The minimum absolute atomic E-state index is 0.0497. The lowest BCUT2D eigenvalue weighted by Gasteiger charge is -2.38. The molecule has 0 radical (unpaired) electrons. The highest BCUT2D eigenvalue weighted by Crippen LogP contribution is 2.33. The fourth-order valence-corrected chi connectivity index (χ4v) is 3.25. The van der Waals surface area contributed by atoms with E-state index < -0.39 is 0 Å². The van der Waals surface area contributed by atoms with E-state index in [1.165, 1.54) is 0 Å². The first-order valence-electron chi connectivity index (χ1n) is 9.63. The van der Waals surface area contributed by atoms with Gasteiger partial charge in [-0.25, -0.2) is 0 Å². The highest BCUT2D eigenvalue weighted by molar-refractivity contribution is 6.01. The average Bonchev–Trinajstić information content (AvgIpc) is 2.70. The SMILES string of the molecule is CCCCOc1ccc(C2Nc3ccccc3C(=O)N2CCCOC)cc1. The molecule has 3 rings (SSSR count). The quantitative estimate of drug-likeness (QED) is 0.664. The smallest absolute Gasteiger partial charge is 0.257 e. The number of benzene rings is 2. The second-order valence-electron chi connectivity index (χ2n) is 6.71. The summed E-state index contributed by atoms with van der Waals surface area (Å²) in [5, 5.41) is 3.52. The van der Waals surface area contributed by atoms with Gasteiger partial charge in [-0.2, -0.15) is 0 Å². The van der Waals surface area contributed by atoms with E-state index >= 15 is 0 Å². The summed E-state index contributed by atoms with van der Waals surface area (Å²) in [7, 11) is 1.68. The fraction of sp³-hybridized carbons (Fsp3) is 0.409. The summed E-state index contributed by atoms with van der Waals surface area (Å²) >= 11 is 0. The highest BCUT2D eigenvalue weighted by atomic mass is 16.5. The Morgan fingerprint density at radius 2 is 1.81 bits per heavy atom. The van der Waals surface area contributed by atoms with Crippen molar-refractivity contribution in [3.8, 4) is 5.75 Å². The number of hydrogen-bond acceptors (Lipinski definition) is 4. The fourth-order valence-electron chi connectivity index (χ4n) is 3.25. The van der Waals surface area contributed by atoms with Gasteiger partial charge < -0.3 is 19.7 Å². The number of unbranched alkanes of at least 4 members (excludes halogenated alkanes) is 1. The molecule has 5 nitrogen and oxygen atoms in total. The van der Waals surface area contributed by atoms with E-state index in [2.05, 4.69) is 12.2 Å². The van der Waals surface area contributed by atoms with E-state index in [0.29, 0.717) is 18.7 Å². The van der Waals surface area contributed by atoms with Crippen LogP contribution in [0.2, 0.25) is 0 Å². The van der Waals surface area contributed by atoms with Crippen molar-refractivity contribution in [2.45, 2.75) is 32.4 Å². The molecule has 2 aromatic carbocycles. The zero-order valence-electron chi connectivity index (χ0n) is 16.1. The third-order valence-electron chi connectivity index (χ3n) is 4.73. The number of carbonyl (C=O) groups is 1. The largest absolute Gasteiger partial charge is 0.494 e. The molecule has 0 bridgehead atoms. The zero-order chi connectivity index (χ0) is 19.1. The number of fused-ring (bicyclic) bond motifs is 1. The maximum atomic E-state index is 13.1. The van der Waals surface area contributed by atoms with Crippen LogP contribution in [0.1, 0.15) is 48.3 Å². The maximum absolute atomic E-state index is 13.1. The zero-order valence-corrected chi connectivity index (χ0v) is 16.1. The number of nitrogens with zero attached hydrogens (tertiary/aromatic N) is 1. The first kappa shape index (κ1) is 19.2. The van der Waals surface area contributed by atoms with Crippen molar-refractivity contribution in [2.75, 3.05) is 32.2 Å². The topological polar surface area (TPSA) is 50.8 Å². The predicted octanol–water partition coefficient (Wildman–Crippen LogP) is 4.47. The van der Waals surface area contributed by atoms with Gasteiger partial charge in [0.2, 0.25) is 0 Å². The van der Waals surface area contributed by atoms with Gasteiger partial charge in [0.15, 0.2) is 0 Å². The van der Waals surface area contributed by atoms with Crippen LogP contribution in [0.25, 0.3) is 0 Å². The van der Waals surface area contributed by atoms with Crippen LogP contribution in [0.3, 0.4) is 0 Å². The normalized spacial score (nSPS) is 16.0. The number of ether oxygens (including phenoxy) is 2. The number of anilines is 1. The Kier molecular flexibility index (Phi) is 6.71. The van der Waals surface area contributed by atoms with E-state index in [4.69, 9.17) is 9.47 Å². The summed E-state index contributed by atoms with van der Waals surface area (Å²) in [6, 6.07) is 15.7. The molecule has 144 valence electrons. The van der Waals surface area contributed by atoms with Gasteiger partial charge in [0.05, 0.1) is 12.2 Å². The minimum Gasteiger partial charge on any atom is -0.494 e. The molecule has 5 heteroatoms. The minimum atomic E-state index is -0.200. The molecule has 0 saturated carbocycles. The number of rotatable bonds is 9. The van der Waals surface area contributed by atoms with Crippen molar-refractivity contribution < 1.29 is 14.3 Å². The van der Waals surface area contributed by atoms with E-state index in [0.717, 1.165) is 42.9 Å². The molecule has 0 saturated heterocycles. The Bertz CT molecular complexity index is 745. The van der Waals surface area contributed by atoms with Crippen molar-refractivity contribution >= 4 is 11.6 Å². The van der Waals surface area contributed by atoms with Crippen molar-refractivity contribution in [3.63, 3.8) is 0 Å². The van der Waals surface area contributed by atoms with Gasteiger partial charge in [0.1, 0.15) is 11.9 Å². The molecule has 1 unspecified atom stereocenters. The first-order chi connectivity index (χ1) is 13.2. The molecule has 0 spiro atoms. The van der Waals surface area contributed by atoms with Crippen LogP contribution in [-0.2, 0) is 4.74 Å². The Labute approximate surface area is 161 Å². The first-order valence-corrected chi connectivity index (χ1v) is 9.63. The van der Waals surface area contributed by atoms with Crippen molar-refractivity contribution in [3.05, 3.63) is 59.7 Å². The summed E-state index contributed by atoms with van der Waals surface area (Å²) in [6.07, 6.45) is 2.75. The third kappa shape index (κ3) is 4.61. The average molecular weight is 368 g/mol. The molecule has 1 heterocycles. The lowest BCUT2D eigenvalue weighted by Crippen LogP contribution is -2.43. The Morgan fingerprint density at radius 1 is 1.04 bits per heavy atom. The molecule has 1 aliphatic rings. The van der Waals surface area contributed by atoms with Gasteiger partial charge in [0, 0.05) is 25.9 Å². The molecular formula is C22H28N2O3. The number of para-hydroxylation sites is 1. The van der Waals surface area contributed by atoms with Gasteiger partial charge in [-0.05, 0) is 42.7 Å². The molecule has 0 aliphatic carbocycles. The molecule has 0 fully saturated rings. The highest BCUT2D eigenvalue weighted by Gasteiger charge is 2.32. The van der Waals surface area contributed by atoms with E-state index in [1.54, 1.807) is 7.11 Å². The molecule has 1 aliphatic heterocycles. The van der Waals surface area contributed by atoms with Crippen LogP contribution in [0.15, 0.2) is 48.5 Å². The number of methoxy groups -OCH3 is 1. The lowest BCUT2D eigenvalue weighted by molar-refractivity contribution is 0.0660. The van der Waals surface area contributed by atoms with Crippen LogP contribution < -0.4 is 10.1 Å². The van der Waals surface area contributed by atoms with Crippen LogP contribution in [0.4, 0.5) is 5.69 Å². The Balaban J connectivity index is 1.81. The molecule has 0 aromatic heterocycles. The van der Waals surface area contributed by atoms with Crippen LogP contribution in [0, 0.1) is 0 Å². The monoisotopic (exact) mass is 368 g/mol. The number of nitrogens with one attached hydrogen (secondary N) is 1. The molecule has 1 atom stereocenters. The van der Waals surface area contributed by atoms with E-state index in [9.17, 15) is 4.79 Å². The number of amides is 1. The molecule has 2 aromatic rings. The number of carbonyl (C=O) groups excluding carboxylic acids is 1. The molecule has 1 N–H and O–H groups in total. The lowest BCUT2D eigenvalue weighted by atomic mass is 10.0. The van der Waals surface area contributed by atoms with Crippen LogP contribution >= 0.6 is 0 Å². The van der Waals surface area contributed by atoms with E-state index in [-0.39, 0.29) is 12.1 Å². The number of hydrogen-bond donors (Lipinski definition) is 1.